The Morgan fingerprint density at radius 1 is 1.11 bits per heavy atom. The van der Waals surface area contributed by atoms with Crippen LogP contribution in [0, 0.1) is 0 Å². The zero-order chi connectivity index (χ0) is 26.5. The zero-order valence-corrected chi connectivity index (χ0v) is 22.6. The third-order valence-electron chi connectivity index (χ3n) is 7.62. The molecule has 1 aliphatic carbocycles. The van der Waals surface area contributed by atoms with Gasteiger partial charge in [0.15, 0.2) is 0 Å². The summed E-state index contributed by atoms with van der Waals surface area (Å²) in [5, 5.41) is 1.38. The van der Waals surface area contributed by atoms with Gasteiger partial charge in [0.25, 0.3) is 0 Å². The average Bonchev–Trinajstić information content (AvgIpc) is 3.60. The van der Waals surface area contributed by atoms with Crippen molar-refractivity contribution in [2.24, 2.45) is 0 Å². The fraction of sp³-hybridized carbons (Fsp3) is 0.321. The number of hydrogen-bond donors (Lipinski definition) is 0. The van der Waals surface area contributed by atoms with E-state index >= 15 is 0 Å². The molecule has 1 saturated carbocycles. The van der Waals surface area contributed by atoms with Crippen molar-refractivity contribution in [1.29, 1.82) is 0 Å². The highest BCUT2D eigenvalue weighted by atomic mass is 35.5. The first kappa shape index (κ1) is 25.0. The molecule has 8 nitrogen and oxygen atoms in total. The van der Waals surface area contributed by atoms with Gasteiger partial charge in [0.05, 0.1) is 34.6 Å². The van der Waals surface area contributed by atoms with Gasteiger partial charge in [0, 0.05) is 43.6 Å². The maximum atomic E-state index is 13.5. The molecular formula is C28H28ClN5O3S. The van der Waals surface area contributed by atoms with E-state index in [-0.39, 0.29) is 11.7 Å². The maximum Gasteiger partial charge on any atom is 0.238 e. The maximum absolute atomic E-state index is 13.5. The molecule has 38 heavy (non-hydrogen) atoms. The van der Waals surface area contributed by atoms with E-state index in [1.807, 2.05) is 58.0 Å². The first-order valence-corrected chi connectivity index (χ1v) is 14.7. The van der Waals surface area contributed by atoms with Crippen LogP contribution in [0.2, 0.25) is 5.02 Å². The summed E-state index contributed by atoms with van der Waals surface area (Å²) >= 11 is 6.22. The Bertz CT molecular complexity index is 1630. The summed E-state index contributed by atoms with van der Waals surface area (Å²) in [6, 6.07) is 15.3. The van der Waals surface area contributed by atoms with Gasteiger partial charge in [-0.1, -0.05) is 41.9 Å². The van der Waals surface area contributed by atoms with Crippen molar-refractivity contribution in [2.45, 2.75) is 44.3 Å². The van der Waals surface area contributed by atoms with E-state index in [0.717, 1.165) is 46.4 Å². The van der Waals surface area contributed by atoms with Crippen LogP contribution >= 0.6 is 11.6 Å². The van der Waals surface area contributed by atoms with Gasteiger partial charge in [-0.25, -0.2) is 17.7 Å². The fourth-order valence-electron chi connectivity index (χ4n) is 5.47. The van der Waals surface area contributed by atoms with Gasteiger partial charge in [-0.15, -0.1) is 0 Å². The van der Waals surface area contributed by atoms with Crippen LogP contribution in [-0.4, -0.2) is 46.0 Å². The molecule has 1 spiro atoms. The minimum atomic E-state index is -3.46. The van der Waals surface area contributed by atoms with Crippen molar-refractivity contribution in [3.8, 4) is 0 Å². The monoisotopic (exact) mass is 549 g/mol. The number of hydrogen-bond acceptors (Lipinski definition) is 5. The lowest BCUT2D eigenvalue weighted by Gasteiger charge is -2.20. The molecule has 4 heterocycles. The molecular weight excluding hydrogens is 522 g/mol. The number of rotatable bonds is 9. The first-order valence-electron chi connectivity index (χ1n) is 12.7. The van der Waals surface area contributed by atoms with Crippen molar-refractivity contribution in [3.63, 3.8) is 0 Å². The number of sulfonamides is 1. The number of carbonyl (C=O) groups excluding carboxylic acids is 1. The van der Waals surface area contributed by atoms with Crippen LogP contribution in [0.5, 0.6) is 0 Å². The second-order valence-corrected chi connectivity index (χ2v) is 12.8. The zero-order valence-electron chi connectivity index (χ0n) is 21.0. The molecule has 4 aromatic rings. The van der Waals surface area contributed by atoms with E-state index in [4.69, 9.17) is 11.6 Å². The van der Waals surface area contributed by atoms with E-state index in [0.29, 0.717) is 31.1 Å². The van der Waals surface area contributed by atoms with E-state index in [9.17, 15) is 13.2 Å². The van der Waals surface area contributed by atoms with E-state index < -0.39 is 15.4 Å². The van der Waals surface area contributed by atoms with Crippen LogP contribution in [0.3, 0.4) is 0 Å². The molecule has 1 aromatic carbocycles. The summed E-state index contributed by atoms with van der Waals surface area (Å²) in [6.45, 7) is 1.13. The molecule has 3 aromatic heterocycles. The highest BCUT2D eigenvalue weighted by Gasteiger charge is 2.59. The predicted octanol–water partition coefficient (Wildman–Crippen LogP) is 4.52. The summed E-state index contributed by atoms with van der Waals surface area (Å²) in [6.07, 6.45) is 7.21. The molecule has 0 N–H and O–H groups in total. The molecule has 0 unspecified atom stereocenters. The summed E-state index contributed by atoms with van der Waals surface area (Å²) < 4.78 is 29.4. The molecule has 196 valence electrons. The van der Waals surface area contributed by atoms with Crippen molar-refractivity contribution in [2.75, 3.05) is 17.7 Å². The van der Waals surface area contributed by atoms with Crippen molar-refractivity contribution < 1.29 is 13.2 Å². The van der Waals surface area contributed by atoms with Gasteiger partial charge in [-0.2, -0.15) is 0 Å². The van der Waals surface area contributed by atoms with Crippen LogP contribution in [0.1, 0.15) is 36.1 Å². The van der Waals surface area contributed by atoms with Crippen molar-refractivity contribution in [1.82, 2.24) is 18.8 Å². The number of amides is 1. The molecule has 0 atom stereocenters. The van der Waals surface area contributed by atoms with Crippen molar-refractivity contribution >= 4 is 44.3 Å². The Balaban J connectivity index is 1.24. The average molecular weight is 550 g/mol. The Kier molecular flexibility index (Phi) is 6.25. The molecule has 0 saturated heterocycles. The largest absolute Gasteiger partial charge is 0.328 e. The number of carbonyl (C=O) groups is 1. The molecule has 0 bridgehead atoms. The first-order chi connectivity index (χ1) is 18.3. The molecule has 1 fully saturated rings. The molecule has 1 aliphatic heterocycles. The van der Waals surface area contributed by atoms with Gasteiger partial charge in [-0.05, 0) is 48.6 Å². The number of pyridine rings is 2. The van der Waals surface area contributed by atoms with Crippen LogP contribution in [0.4, 0.5) is 5.69 Å². The summed E-state index contributed by atoms with van der Waals surface area (Å²) in [5.41, 5.74) is 4.03. The minimum Gasteiger partial charge on any atom is -0.328 e. The van der Waals surface area contributed by atoms with Gasteiger partial charge in [-0.3, -0.25) is 9.78 Å². The Hall–Kier alpha value is -3.27. The second-order valence-electron chi connectivity index (χ2n) is 10.1. The molecule has 10 heteroatoms. The number of anilines is 1. The SMILES string of the molecule is CN(Cc1ccccc1)S(=O)(=O)CCCn1c(CN2C(=O)C3(CC3)c3ccncc32)cc2cc(Cl)cnc21. The second kappa shape index (κ2) is 9.48. The molecule has 6 rings (SSSR count). The van der Waals surface area contributed by atoms with E-state index in [2.05, 4.69) is 9.97 Å². The van der Waals surface area contributed by atoms with Crippen LogP contribution in [-0.2, 0) is 39.9 Å². The van der Waals surface area contributed by atoms with Gasteiger partial charge in [0.2, 0.25) is 15.9 Å². The lowest BCUT2D eigenvalue weighted by atomic mass is 9.99. The van der Waals surface area contributed by atoms with Gasteiger partial charge >= 0.3 is 0 Å². The summed E-state index contributed by atoms with van der Waals surface area (Å²) in [4.78, 5) is 24.1. The summed E-state index contributed by atoms with van der Waals surface area (Å²) in [5.74, 6) is 0.107. The van der Waals surface area contributed by atoms with E-state index in [1.54, 1.807) is 25.6 Å². The lowest BCUT2D eigenvalue weighted by Crippen LogP contribution is -2.32. The fourth-order valence-corrected chi connectivity index (χ4v) is 6.79. The quantitative estimate of drug-likeness (QED) is 0.306. The third-order valence-corrected chi connectivity index (χ3v) is 9.71. The van der Waals surface area contributed by atoms with E-state index in [1.165, 1.54) is 4.31 Å². The Labute approximate surface area is 226 Å². The number of nitrogens with zero attached hydrogens (tertiary/aromatic N) is 5. The number of aryl methyl sites for hydroxylation is 1. The smallest absolute Gasteiger partial charge is 0.238 e. The lowest BCUT2D eigenvalue weighted by molar-refractivity contribution is -0.120. The number of halogens is 1. The summed E-state index contributed by atoms with van der Waals surface area (Å²) in [7, 11) is -1.85. The topological polar surface area (TPSA) is 88.4 Å². The predicted molar refractivity (Wildman–Crippen MR) is 147 cm³/mol. The number of fused-ring (bicyclic) bond motifs is 3. The van der Waals surface area contributed by atoms with Gasteiger partial charge < -0.3 is 9.47 Å². The molecule has 0 radical (unpaired) electrons. The van der Waals surface area contributed by atoms with Crippen LogP contribution in [0.15, 0.2) is 67.1 Å². The van der Waals surface area contributed by atoms with Crippen molar-refractivity contribution in [3.05, 3.63) is 89.0 Å². The molecule has 1 amide bonds. The Morgan fingerprint density at radius 3 is 2.66 bits per heavy atom. The highest BCUT2D eigenvalue weighted by molar-refractivity contribution is 7.89. The molecule has 2 aliphatic rings. The third kappa shape index (κ3) is 4.38. The highest BCUT2D eigenvalue weighted by Crippen LogP contribution is 2.57. The van der Waals surface area contributed by atoms with Gasteiger partial charge in [0.1, 0.15) is 5.65 Å². The van der Waals surface area contributed by atoms with Crippen LogP contribution < -0.4 is 4.90 Å². The number of aromatic nitrogens is 3. The minimum absolute atomic E-state index is 0.00153. The normalized spacial score (nSPS) is 16.1. The standard InChI is InChI=1S/C28H28ClN5O3S/c1-32(18-20-6-3-2-4-7-20)38(36,37)13-5-12-33-23(15-21-14-22(29)16-31-26(21)33)19-34-25-17-30-11-8-24(25)28(9-10-28)27(34)35/h2-4,6-8,11,14-17H,5,9-10,12-13,18-19H2,1H3. The Morgan fingerprint density at radius 2 is 1.89 bits per heavy atom. The number of benzene rings is 1. The van der Waals surface area contributed by atoms with Crippen LogP contribution in [0.25, 0.3) is 11.0 Å².